The number of halogens is 2. The second kappa shape index (κ2) is 9.03. The molecule has 0 amide bonds. The molecule has 0 saturated carbocycles. The maximum atomic E-state index is 14.3. The predicted molar refractivity (Wildman–Crippen MR) is 110 cm³/mol. The lowest BCUT2D eigenvalue weighted by atomic mass is 10.1. The van der Waals surface area contributed by atoms with Gasteiger partial charge in [-0.15, -0.1) is 0 Å². The minimum Gasteiger partial charge on any atom is -0.205 e. The van der Waals surface area contributed by atoms with Crippen molar-refractivity contribution < 1.29 is 8.78 Å². The van der Waals surface area contributed by atoms with Crippen molar-refractivity contribution in [1.82, 2.24) is 0 Å². The lowest BCUT2D eigenvalue weighted by molar-refractivity contribution is 0.577. The molecule has 0 heterocycles. The Morgan fingerprint density at radius 3 is 1.75 bits per heavy atom. The summed E-state index contributed by atoms with van der Waals surface area (Å²) in [4.78, 5) is 0. The molecule has 0 aliphatic heterocycles. The van der Waals surface area contributed by atoms with Gasteiger partial charge in [0.2, 0.25) is 0 Å². The summed E-state index contributed by atoms with van der Waals surface area (Å²) in [5.41, 5.74) is 3.92. The SMILES string of the molecule is CCCc1ccc(C#Cc2c(F)cc(C#Cc3ccc(C)cc3)cc2F)cc1. The summed E-state index contributed by atoms with van der Waals surface area (Å²) >= 11 is 0. The smallest absolute Gasteiger partial charge is 0.143 e. The average molecular weight is 370 g/mol. The van der Waals surface area contributed by atoms with Gasteiger partial charge in [-0.05, 0) is 55.3 Å². The highest BCUT2D eigenvalue weighted by molar-refractivity contribution is 5.49. The molecule has 138 valence electrons. The fourth-order valence-electron chi connectivity index (χ4n) is 2.72. The largest absolute Gasteiger partial charge is 0.205 e. The van der Waals surface area contributed by atoms with Gasteiger partial charge in [0.1, 0.15) is 11.6 Å². The highest BCUT2D eigenvalue weighted by Crippen LogP contribution is 2.15. The fourth-order valence-corrected chi connectivity index (χ4v) is 2.72. The first-order chi connectivity index (χ1) is 13.5. The normalized spacial score (nSPS) is 9.86. The molecule has 0 fully saturated rings. The van der Waals surface area contributed by atoms with Crippen LogP contribution in [0.5, 0.6) is 0 Å². The number of hydrogen-bond acceptors (Lipinski definition) is 0. The maximum absolute atomic E-state index is 14.3. The van der Waals surface area contributed by atoms with Crippen molar-refractivity contribution >= 4 is 0 Å². The molecule has 0 N–H and O–H groups in total. The van der Waals surface area contributed by atoms with Gasteiger partial charge in [0.25, 0.3) is 0 Å². The lowest BCUT2D eigenvalue weighted by Gasteiger charge is -2.00. The highest BCUT2D eigenvalue weighted by atomic mass is 19.1. The van der Waals surface area contributed by atoms with E-state index in [-0.39, 0.29) is 11.1 Å². The van der Waals surface area contributed by atoms with Crippen LogP contribution < -0.4 is 0 Å². The fraction of sp³-hybridized carbons (Fsp3) is 0.154. The molecule has 0 nitrogen and oxygen atoms in total. The molecule has 0 radical (unpaired) electrons. The summed E-state index contributed by atoms with van der Waals surface area (Å²) in [7, 11) is 0. The zero-order chi connectivity index (χ0) is 19.9. The van der Waals surface area contributed by atoms with E-state index in [1.54, 1.807) is 0 Å². The predicted octanol–water partition coefficient (Wildman–Crippen LogP) is 6.03. The molecule has 0 aliphatic carbocycles. The van der Waals surface area contributed by atoms with Crippen LogP contribution in [0.2, 0.25) is 0 Å². The first kappa shape index (κ1) is 19.4. The van der Waals surface area contributed by atoms with Crippen molar-refractivity contribution in [2.45, 2.75) is 26.7 Å². The molecule has 2 heteroatoms. The quantitative estimate of drug-likeness (QED) is 0.484. The van der Waals surface area contributed by atoms with Crippen LogP contribution in [-0.4, -0.2) is 0 Å². The first-order valence-corrected chi connectivity index (χ1v) is 9.24. The van der Waals surface area contributed by atoms with Crippen molar-refractivity contribution in [2.75, 3.05) is 0 Å². The van der Waals surface area contributed by atoms with Gasteiger partial charge in [-0.2, -0.15) is 0 Å². The Bertz CT molecular complexity index is 1060. The number of benzene rings is 3. The van der Waals surface area contributed by atoms with Gasteiger partial charge < -0.3 is 0 Å². The second-order valence-electron chi connectivity index (χ2n) is 6.63. The Morgan fingerprint density at radius 2 is 1.18 bits per heavy atom. The van der Waals surface area contributed by atoms with E-state index in [2.05, 4.69) is 30.6 Å². The third-order valence-corrected chi connectivity index (χ3v) is 4.27. The van der Waals surface area contributed by atoms with Crippen LogP contribution in [0.1, 0.15) is 46.7 Å². The van der Waals surface area contributed by atoms with Crippen LogP contribution in [0.25, 0.3) is 0 Å². The number of aryl methyl sites for hydroxylation is 2. The van der Waals surface area contributed by atoms with Crippen molar-refractivity contribution in [3.05, 3.63) is 106 Å². The van der Waals surface area contributed by atoms with E-state index in [0.29, 0.717) is 0 Å². The van der Waals surface area contributed by atoms with Crippen molar-refractivity contribution in [1.29, 1.82) is 0 Å². The molecule has 0 unspecified atom stereocenters. The maximum Gasteiger partial charge on any atom is 0.143 e. The van der Waals surface area contributed by atoms with Gasteiger partial charge in [0.05, 0.1) is 5.56 Å². The van der Waals surface area contributed by atoms with Gasteiger partial charge in [-0.1, -0.05) is 66.9 Å². The van der Waals surface area contributed by atoms with E-state index in [1.807, 2.05) is 55.5 Å². The van der Waals surface area contributed by atoms with Gasteiger partial charge in [0.15, 0.2) is 0 Å². The van der Waals surface area contributed by atoms with Crippen LogP contribution in [0.4, 0.5) is 8.78 Å². The lowest BCUT2D eigenvalue weighted by Crippen LogP contribution is -1.92. The first-order valence-electron chi connectivity index (χ1n) is 9.24. The summed E-state index contributed by atoms with van der Waals surface area (Å²) in [6.07, 6.45) is 2.07. The van der Waals surface area contributed by atoms with Crippen LogP contribution in [0.15, 0.2) is 60.7 Å². The topological polar surface area (TPSA) is 0 Å². The van der Waals surface area contributed by atoms with E-state index < -0.39 is 11.6 Å². The molecule has 0 saturated heterocycles. The molecular weight excluding hydrogens is 350 g/mol. The van der Waals surface area contributed by atoms with E-state index in [1.165, 1.54) is 17.7 Å². The average Bonchev–Trinajstić information content (AvgIpc) is 2.68. The zero-order valence-electron chi connectivity index (χ0n) is 15.9. The Morgan fingerprint density at radius 1 is 0.679 bits per heavy atom. The Kier molecular flexibility index (Phi) is 6.25. The Balaban J connectivity index is 1.82. The van der Waals surface area contributed by atoms with E-state index in [0.717, 1.165) is 29.5 Å². The summed E-state index contributed by atoms with van der Waals surface area (Å²) in [5, 5.41) is 0. The third-order valence-electron chi connectivity index (χ3n) is 4.27. The van der Waals surface area contributed by atoms with E-state index in [9.17, 15) is 8.78 Å². The summed E-state index contributed by atoms with van der Waals surface area (Å²) < 4.78 is 28.7. The van der Waals surface area contributed by atoms with Gasteiger partial charge in [-0.25, -0.2) is 8.78 Å². The Labute approximate surface area is 165 Å². The van der Waals surface area contributed by atoms with Crippen molar-refractivity contribution in [2.24, 2.45) is 0 Å². The molecule has 28 heavy (non-hydrogen) atoms. The van der Waals surface area contributed by atoms with Crippen LogP contribution in [-0.2, 0) is 6.42 Å². The van der Waals surface area contributed by atoms with Crippen LogP contribution in [0, 0.1) is 42.2 Å². The summed E-state index contributed by atoms with van der Waals surface area (Å²) in [6, 6.07) is 17.8. The van der Waals surface area contributed by atoms with Gasteiger partial charge in [-0.3, -0.25) is 0 Å². The monoisotopic (exact) mass is 370 g/mol. The highest BCUT2D eigenvalue weighted by Gasteiger charge is 2.08. The minimum absolute atomic E-state index is 0.237. The van der Waals surface area contributed by atoms with Gasteiger partial charge >= 0.3 is 0 Å². The van der Waals surface area contributed by atoms with Gasteiger partial charge in [0, 0.05) is 16.7 Å². The number of hydrogen-bond donors (Lipinski definition) is 0. The van der Waals surface area contributed by atoms with E-state index in [4.69, 9.17) is 0 Å². The molecule has 0 aliphatic rings. The molecular formula is C26H20F2. The standard InChI is InChI=1S/C26H20F2/c1-3-4-20-9-11-22(12-10-20)15-16-24-25(27)17-23(18-26(24)28)14-13-21-7-5-19(2)6-8-21/h5-12,17-18H,3-4H2,1-2H3. The number of rotatable bonds is 2. The molecule has 0 atom stereocenters. The summed E-state index contributed by atoms with van der Waals surface area (Å²) in [5.74, 6) is 9.75. The van der Waals surface area contributed by atoms with Crippen molar-refractivity contribution in [3.8, 4) is 23.7 Å². The minimum atomic E-state index is -0.705. The summed E-state index contributed by atoms with van der Waals surface area (Å²) in [6.45, 7) is 4.11. The Hall–Kier alpha value is -3.36. The van der Waals surface area contributed by atoms with Crippen LogP contribution >= 0.6 is 0 Å². The van der Waals surface area contributed by atoms with Crippen LogP contribution in [0.3, 0.4) is 0 Å². The molecule has 0 aromatic heterocycles. The molecule has 3 aromatic carbocycles. The second-order valence-corrected chi connectivity index (χ2v) is 6.63. The molecule has 0 spiro atoms. The zero-order valence-corrected chi connectivity index (χ0v) is 15.9. The molecule has 0 bridgehead atoms. The molecule has 3 aromatic rings. The van der Waals surface area contributed by atoms with E-state index >= 15 is 0 Å². The van der Waals surface area contributed by atoms with Crippen molar-refractivity contribution in [3.63, 3.8) is 0 Å². The molecule has 3 rings (SSSR count). The third kappa shape index (κ3) is 5.09.